The van der Waals surface area contributed by atoms with E-state index in [0.29, 0.717) is 11.3 Å². The SMILES string of the molecule is N#CC1(C#N)[C@@H](c2ccc(C(F)(F)F)cc2)CC(=O)C[C@@]12C(=O)Nc1ccccc12. The van der Waals surface area contributed by atoms with E-state index in [9.17, 15) is 33.3 Å². The molecular weight excluding hydrogens is 395 g/mol. The number of fused-ring (bicyclic) bond motifs is 2. The first kappa shape index (κ1) is 19.7. The standard InChI is InChI=1S/C22H14F3N3O2/c23-22(24,25)14-7-5-13(6-8-14)17-9-15(29)10-21(20(17,11-26)12-27)16-3-1-2-4-18(16)28-19(21)30/h1-8,17H,9-10H2,(H,28,30)/t17-,21-/m1/s1. The van der Waals surface area contributed by atoms with Gasteiger partial charge < -0.3 is 5.32 Å². The minimum absolute atomic E-state index is 0.219. The summed E-state index contributed by atoms with van der Waals surface area (Å²) in [5, 5.41) is 23.0. The molecule has 1 heterocycles. The molecule has 1 saturated carbocycles. The highest BCUT2D eigenvalue weighted by Gasteiger charge is 2.68. The molecule has 0 radical (unpaired) electrons. The summed E-state index contributed by atoms with van der Waals surface area (Å²) in [4.78, 5) is 25.9. The zero-order valence-corrected chi connectivity index (χ0v) is 15.5. The summed E-state index contributed by atoms with van der Waals surface area (Å²) < 4.78 is 38.9. The van der Waals surface area contributed by atoms with Crippen LogP contribution in [-0.2, 0) is 21.2 Å². The van der Waals surface area contributed by atoms with Gasteiger partial charge in [-0.25, -0.2) is 0 Å². The van der Waals surface area contributed by atoms with Crippen LogP contribution in [-0.4, -0.2) is 11.7 Å². The molecule has 1 amide bonds. The van der Waals surface area contributed by atoms with Crippen molar-refractivity contribution >= 4 is 17.4 Å². The van der Waals surface area contributed by atoms with Gasteiger partial charge in [0.2, 0.25) is 5.91 Å². The molecule has 1 N–H and O–H groups in total. The van der Waals surface area contributed by atoms with Gasteiger partial charge in [-0.3, -0.25) is 9.59 Å². The van der Waals surface area contributed by atoms with Gasteiger partial charge in [-0.05, 0) is 29.3 Å². The van der Waals surface area contributed by atoms with Gasteiger partial charge in [0.25, 0.3) is 0 Å². The molecule has 2 aliphatic rings. The van der Waals surface area contributed by atoms with E-state index in [0.717, 1.165) is 12.1 Å². The molecule has 30 heavy (non-hydrogen) atoms. The van der Waals surface area contributed by atoms with Crippen LogP contribution in [0.3, 0.4) is 0 Å². The molecule has 1 aliphatic carbocycles. The lowest BCUT2D eigenvalue weighted by Gasteiger charge is -2.46. The third-order valence-corrected chi connectivity index (χ3v) is 6.11. The molecule has 5 nitrogen and oxygen atoms in total. The van der Waals surface area contributed by atoms with E-state index in [-0.39, 0.29) is 24.2 Å². The maximum absolute atomic E-state index is 13.1. The van der Waals surface area contributed by atoms with Crippen LogP contribution in [0.1, 0.15) is 35.4 Å². The van der Waals surface area contributed by atoms with E-state index in [1.165, 1.54) is 12.1 Å². The summed E-state index contributed by atoms with van der Waals surface area (Å²) in [6.45, 7) is 0. The largest absolute Gasteiger partial charge is 0.416 e. The summed E-state index contributed by atoms with van der Waals surface area (Å²) in [6, 6.07) is 14.6. The Morgan fingerprint density at radius 2 is 1.63 bits per heavy atom. The number of alkyl halides is 3. The van der Waals surface area contributed by atoms with Gasteiger partial charge >= 0.3 is 6.18 Å². The lowest BCUT2D eigenvalue weighted by atomic mass is 9.49. The molecular formula is C22H14F3N3O2. The molecule has 0 aromatic heterocycles. The number of anilines is 1. The van der Waals surface area contributed by atoms with Crippen LogP contribution in [0.5, 0.6) is 0 Å². The zero-order valence-electron chi connectivity index (χ0n) is 15.5. The van der Waals surface area contributed by atoms with Gasteiger partial charge in [-0.2, -0.15) is 23.7 Å². The fourth-order valence-corrected chi connectivity index (χ4v) is 4.71. The zero-order chi connectivity index (χ0) is 21.7. The number of rotatable bonds is 1. The predicted molar refractivity (Wildman–Crippen MR) is 98.8 cm³/mol. The van der Waals surface area contributed by atoms with Gasteiger partial charge in [0.1, 0.15) is 11.2 Å². The highest BCUT2D eigenvalue weighted by atomic mass is 19.4. The molecule has 8 heteroatoms. The van der Waals surface area contributed by atoms with Crippen molar-refractivity contribution in [2.75, 3.05) is 5.32 Å². The lowest BCUT2D eigenvalue weighted by molar-refractivity contribution is -0.137. The predicted octanol–water partition coefficient (Wildman–Crippen LogP) is 4.08. The first-order valence-electron chi connectivity index (χ1n) is 9.12. The Bertz CT molecular complexity index is 1130. The molecule has 0 bridgehead atoms. The monoisotopic (exact) mass is 409 g/mol. The van der Waals surface area contributed by atoms with Crippen molar-refractivity contribution in [2.24, 2.45) is 5.41 Å². The molecule has 2 atom stereocenters. The number of nitrogens with zero attached hydrogens (tertiary/aromatic N) is 2. The molecule has 1 fully saturated rings. The van der Waals surface area contributed by atoms with Crippen LogP contribution in [0.15, 0.2) is 48.5 Å². The maximum Gasteiger partial charge on any atom is 0.416 e. The number of carbonyl (C=O) groups excluding carboxylic acids is 2. The number of Topliss-reactive ketones (excluding diaryl/α,β-unsaturated/α-hetero) is 1. The summed E-state index contributed by atoms with van der Waals surface area (Å²) in [6.07, 6.45) is -5.09. The molecule has 2 aromatic carbocycles. The average Bonchev–Trinajstić information content (AvgIpc) is 3.00. The summed E-state index contributed by atoms with van der Waals surface area (Å²) >= 11 is 0. The second-order valence-electron chi connectivity index (χ2n) is 7.53. The summed E-state index contributed by atoms with van der Waals surface area (Å²) in [7, 11) is 0. The first-order chi connectivity index (χ1) is 14.2. The molecule has 0 saturated heterocycles. The van der Waals surface area contributed by atoms with Crippen molar-refractivity contribution in [2.45, 2.75) is 30.4 Å². The van der Waals surface area contributed by atoms with Crippen LogP contribution >= 0.6 is 0 Å². The number of carbonyl (C=O) groups is 2. The minimum Gasteiger partial charge on any atom is -0.325 e. The smallest absolute Gasteiger partial charge is 0.325 e. The van der Waals surface area contributed by atoms with E-state index in [2.05, 4.69) is 5.32 Å². The van der Waals surface area contributed by atoms with Gasteiger partial charge in [-0.1, -0.05) is 30.3 Å². The number of amides is 1. The van der Waals surface area contributed by atoms with Crippen molar-refractivity contribution in [3.8, 4) is 12.1 Å². The lowest BCUT2D eigenvalue weighted by Crippen LogP contribution is -2.56. The van der Waals surface area contributed by atoms with E-state index < -0.39 is 34.4 Å². The second kappa shape index (κ2) is 6.43. The number of hydrogen-bond donors (Lipinski definition) is 1. The van der Waals surface area contributed by atoms with Crippen molar-refractivity contribution in [3.05, 3.63) is 65.2 Å². The van der Waals surface area contributed by atoms with Crippen LogP contribution in [0.2, 0.25) is 0 Å². The third-order valence-electron chi connectivity index (χ3n) is 6.11. The number of halogens is 3. The van der Waals surface area contributed by atoms with Crippen LogP contribution in [0.4, 0.5) is 18.9 Å². The van der Waals surface area contributed by atoms with E-state index in [4.69, 9.17) is 0 Å². The topological polar surface area (TPSA) is 93.8 Å². The number of hydrogen-bond acceptors (Lipinski definition) is 4. The number of nitriles is 2. The summed E-state index contributed by atoms with van der Waals surface area (Å²) in [5.41, 5.74) is -3.57. The first-order valence-corrected chi connectivity index (χ1v) is 9.12. The van der Waals surface area contributed by atoms with Gasteiger partial charge in [0.15, 0.2) is 5.41 Å². The van der Waals surface area contributed by atoms with Gasteiger partial charge in [0.05, 0.1) is 17.7 Å². The highest BCUT2D eigenvalue weighted by molar-refractivity contribution is 6.11. The van der Waals surface area contributed by atoms with Crippen molar-refractivity contribution < 1.29 is 22.8 Å². The molecule has 0 unspecified atom stereocenters. The van der Waals surface area contributed by atoms with Crippen molar-refractivity contribution in [3.63, 3.8) is 0 Å². The maximum atomic E-state index is 13.1. The fraction of sp³-hybridized carbons (Fsp3) is 0.273. The fourth-order valence-electron chi connectivity index (χ4n) is 4.71. The van der Waals surface area contributed by atoms with Gasteiger partial charge in [0, 0.05) is 24.4 Å². The molecule has 150 valence electrons. The Balaban J connectivity index is 1.94. The number of para-hydroxylation sites is 1. The molecule has 1 aliphatic heterocycles. The Morgan fingerprint density at radius 3 is 2.23 bits per heavy atom. The normalized spacial score (nSPS) is 24.6. The Kier molecular flexibility index (Phi) is 4.21. The molecule has 1 spiro atoms. The Labute approximate surface area is 169 Å². The van der Waals surface area contributed by atoms with Crippen LogP contribution < -0.4 is 5.32 Å². The molecule has 4 rings (SSSR count). The number of ketones is 1. The minimum atomic E-state index is -4.55. The third kappa shape index (κ3) is 2.47. The number of nitrogens with one attached hydrogen (secondary N) is 1. The quantitative estimate of drug-likeness (QED) is 0.768. The number of benzene rings is 2. The molecule has 2 aromatic rings. The van der Waals surface area contributed by atoms with Crippen LogP contribution in [0.25, 0.3) is 0 Å². The van der Waals surface area contributed by atoms with Crippen molar-refractivity contribution in [1.82, 2.24) is 0 Å². The Morgan fingerprint density at radius 1 is 1.00 bits per heavy atom. The van der Waals surface area contributed by atoms with Crippen LogP contribution in [0, 0.1) is 28.1 Å². The van der Waals surface area contributed by atoms with Crippen molar-refractivity contribution in [1.29, 1.82) is 10.5 Å². The highest BCUT2D eigenvalue weighted by Crippen LogP contribution is 2.61. The van der Waals surface area contributed by atoms with Gasteiger partial charge in [-0.15, -0.1) is 0 Å². The average molecular weight is 409 g/mol. The van der Waals surface area contributed by atoms with E-state index in [1.807, 2.05) is 12.1 Å². The summed E-state index contributed by atoms with van der Waals surface area (Å²) in [5.74, 6) is -2.03. The Hall–Kier alpha value is -3.65. The van der Waals surface area contributed by atoms with E-state index >= 15 is 0 Å². The second-order valence-corrected chi connectivity index (χ2v) is 7.53. The van der Waals surface area contributed by atoms with E-state index in [1.54, 1.807) is 24.3 Å².